The molecule has 0 heterocycles. The van der Waals surface area contributed by atoms with E-state index in [1.807, 2.05) is 30.0 Å². The maximum absolute atomic E-state index is 6.12. The lowest BCUT2D eigenvalue weighted by Gasteiger charge is -2.16. The standard InChI is InChI=1S/C12H17Cl2NS/c1-3-10(8-16-2)15-7-9-5-4-6-11(13)12(9)14/h4-6,10,15H,3,7-8H2,1-2H3. The summed E-state index contributed by atoms with van der Waals surface area (Å²) in [7, 11) is 0. The number of benzene rings is 1. The van der Waals surface area contributed by atoms with E-state index in [4.69, 9.17) is 23.2 Å². The molecule has 0 fully saturated rings. The van der Waals surface area contributed by atoms with Gasteiger partial charge in [0.1, 0.15) is 0 Å². The molecule has 1 rings (SSSR count). The van der Waals surface area contributed by atoms with Gasteiger partial charge in [0.25, 0.3) is 0 Å². The van der Waals surface area contributed by atoms with Gasteiger partial charge in [0.05, 0.1) is 10.0 Å². The van der Waals surface area contributed by atoms with Crippen LogP contribution in [0.25, 0.3) is 0 Å². The Kier molecular flexibility index (Phi) is 6.59. The van der Waals surface area contributed by atoms with E-state index in [1.165, 1.54) is 0 Å². The number of thioether (sulfide) groups is 1. The first-order chi connectivity index (χ1) is 7.69. The molecule has 1 unspecified atom stereocenters. The Bertz CT molecular complexity index is 331. The number of hydrogen-bond donors (Lipinski definition) is 1. The highest BCUT2D eigenvalue weighted by molar-refractivity contribution is 7.98. The fraction of sp³-hybridized carbons (Fsp3) is 0.500. The molecule has 1 atom stereocenters. The Balaban J connectivity index is 2.56. The van der Waals surface area contributed by atoms with Gasteiger partial charge in [-0.2, -0.15) is 11.8 Å². The van der Waals surface area contributed by atoms with E-state index >= 15 is 0 Å². The molecular weight excluding hydrogens is 261 g/mol. The predicted octanol–water partition coefficient (Wildman–Crippen LogP) is 4.22. The highest BCUT2D eigenvalue weighted by atomic mass is 35.5. The van der Waals surface area contributed by atoms with Gasteiger partial charge in [0.2, 0.25) is 0 Å². The van der Waals surface area contributed by atoms with Crippen molar-refractivity contribution in [2.45, 2.75) is 25.9 Å². The molecule has 0 bridgehead atoms. The second-order valence-electron chi connectivity index (χ2n) is 3.65. The van der Waals surface area contributed by atoms with Crippen LogP contribution >= 0.6 is 35.0 Å². The SMILES string of the molecule is CCC(CSC)NCc1cccc(Cl)c1Cl. The molecule has 1 N–H and O–H groups in total. The first-order valence-corrected chi connectivity index (χ1v) is 7.49. The zero-order valence-corrected chi connectivity index (χ0v) is 11.9. The topological polar surface area (TPSA) is 12.0 Å². The zero-order valence-electron chi connectivity index (χ0n) is 9.59. The van der Waals surface area contributed by atoms with Crippen molar-refractivity contribution in [3.63, 3.8) is 0 Å². The quantitative estimate of drug-likeness (QED) is 0.836. The molecule has 90 valence electrons. The molecule has 0 saturated carbocycles. The molecule has 0 radical (unpaired) electrons. The molecule has 4 heteroatoms. The monoisotopic (exact) mass is 277 g/mol. The maximum Gasteiger partial charge on any atom is 0.0637 e. The fourth-order valence-corrected chi connectivity index (χ4v) is 2.60. The van der Waals surface area contributed by atoms with E-state index in [0.717, 1.165) is 24.3 Å². The van der Waals surface area contributed by atoms with Crippen LogP contribution < -0.4 is 5.32 Å². The van der Waals surface area contributed by atoms with Crippen LogP contribution in [0.15, 0.2) is 18.2 Å². The Hall–Kier alpha value is 0.110. The molecule has 0 aliphatic heterocycles. The number of nitrogens with one attached hydrogen (secondary N) is 1. The van der Waals surface area contributed by atoms with E-state index < -0.39 is 0 Å². The van der Waals surface area contributed by atoms with E-state index in [1.54, 1.807) is 0 Å². The third-order valence-electron chi connectivity index (χ3n) is 2.47. The molecule has 1 aromatic rings. The van der Waals surface area contributed by atoms with Crippen molar-refractivity contribution in [1.29, 1.82) is 0 Å². The van der Waals surface area contributed by atoms with E-state index in [9.17, 15) is 0 Å². The van der Waals surface area contributed by atoms with Gasteiger partial charge < -0.3 is 5.32 Å². The summed E-state index contributed by atoms with van der Waals surface area (Å²) in [4.78, 5) is 0. The summed E-state index contributed by atoms with van der Waals surface area (Å²) in [6.07, 6.45) is 3.25. The van der Waals surface area contributed by atoms with Crippen molar-refractivity contribution in [2.24, 2.45) is 0 Å². The van der Waals surface area contributed by atoms with Gasteiger partial charge in [-0.15, -0.1) is 0 Å². The Morgan fingerprint density at radius 1 is 1.38 bits per heavy atom. The van der Waals surface area contributed by atoms with Crippen molar-refractivity contribution in [2.75, 3.05) is 12.0 Å². The minimum atomic E-state index is 0.532. The summed E-state index contributed by atoms with van der Waals surface area (Å²) in [6, 6.07) is 6.28. The third kappa shape index (κ3) is 4.17. The van der Waals surface area contributed by atoms with Gasteiger partial charge in [-0.1, -0.05) is 42.3 Å². The van der Waals surface area contributed by atoms with E-state index in [0.29, 0.717) is 16.1 Å². The highest BCUT2D eigenvalue weighted by Crippen LogP contribution is 2.25. The normalized spacial score (nSPS) is 12.8. The maximum atomic E-state index is 6.12. The van der Waals surface area contributed by atoms with Gasteiger partial charge in [0, 0.05) is 18.3 Å². The van der Waals surface area contributed by atoms with E-state index in [-0.39, 0.29) is 0 Å². The predicted molar refractivity (Wildman–Crippen MR) is 75.8 cm³/mol. The minimum Gasteiger partial charge on any atom is -0.309 e. The number of rotatable bonds is 6. The molecule has 0 amide bonds. The third-order valence-corrected chi connectivity index (χ3v) is 4.07. The summed E-state index contributed by atoms with van der Waals surface area (Å²) in [6.45, 7) is 2.96. The van der Waals surface area contributed by atoms with Gasteiger partial charge in [-0.05, 0) is 24.3 Å². The zero-order chi connectivity index (χ0) is 12.0. The van der Waals surface area contributed by atoms with Crippen molar-refractivity contribution in [3.05, 3.63) is 33.8 Å². The second-order valence-corrected chi connectivity index (χ2v) is 5.35. The van der Waals surface area contributed by atoms with Crippen LogP contribution in [0.5, 0.6) is 0 Å². The van der Waals surface area contributed by atoms with Crippen LogP contribution in [0.3, 0.4) is 0 Å². The molecule has 0 aromatic heterocycles. The number of halogens is 2. The lowest BCUT2D eigenvalue weighted by atomic mass is 10.2. The lowest BCUT2D eigenvalue weighted by molar-refractivity contribution is 0.541. The van der Waals surface area contributed by atoms with Gasteiger partial charge in [-0.3, -0.25) is 0 Å². The molecule has 0 spiro atoms. The Labute approximate surface area is 112 Å². The molecule has 0 aliphatic carbocycles. The fourth-order valence-electron chi connectivity index (χ4n) is 1.46. The lowest BCUT2D eigenvalue weighted by Crippen LogP contribution is -2.30. The van der Waals surface area contributed by atoms with Crippen molar-refractivity contribution in [3.8, 4) is 0 Å². The van der Waals surface area contributed by atoms with Crippen LogP contribution in [0.1, 0.15) is 18.9 Å². The van der Waals surface area contributed by atoms with Crippen molar-refractivity contribution >= 4 is 35.0 Å². The molecule has 0 aliphatic rings. The molecule has 1 aromatic carbocycles. The largest absolute Gasteiger partial charge is 0.309 e. The Morgan fingerprint density at radius 3 is 2.75 bits per heavy atom. The van der Waals surface area contributed by atoms with Gasteiger partial charge >= 0.3 is 0 Å². The first-order valence-electron chi connectivity index (χ1n) is 5.34. The van der Waals surface area contributed by atoms with Crippen molar-refractivity contribution in [1.82, 2.24) is 5.32 Å². The van der Waals surface area contributed by atoms with Gasteiger partial charge in [-0.25, -0.2) is 0 Å². The van der Waals surface area contributed by atoms with E-state index in [2.05, 4.69) is 18.5 Å². The molecular formula is C12H17Cl2NS. The summed E-state index contributed by atoms with van der Waals surface area (Å²) in [5.74, 6) is 1.12. The summed E-state index contributed by atoms with van der Waals surface area (Å²) < 4.78 is 0. The minimum absolute atomic E-state index is 0.532. The van der Waals surface area contributed by atoms with Crippen LogP contribution in [-0.2, 0) is 6.54 Å². The Morgan fingerprint density at radius 2 is 2.12 bits per heavy atom. The second kappa shape index (κ2) is 7.44. The average Bonchev–Trinajstić information content (AvgIpc) is 2.29. The van der Waals surface area contributed by atoms with Crippen LogP contribution in [0.2, 0.25) is 10.0 Å². The molecule has 0 saturated heterocycles. The molecule has 1 nitrogen and oxygen atoms in total. The summed E-state index contributed by atoms with van der Waals surface area (Å²) in [5.41, 5.74) is 1.06. The first kappa shape index (κ1) is 14.2. The van der Waals surface area contributed by atoms with Crippen LogP contribution in [0.4, 0.5) is 0 Å². The number of hydrogen-bond acceptors (Lipinski definition) is 2. The average molecular weight is 278 g/mol. The van der Waals surface area contributed by atoms with Crippen LogP contribution in [-0.4, -0.2) is 18.1 Å². The summed E-state index contributed by atoms with van der Waals surface area (Å²) >= 11 is 13.9. The highest BCUT2D eigenvalue weighted by Gasteiger charge is 2.07. The summed E-state index contributed by atoms with van der Waals surface area (Å²) in [5, 5.41) is 4.78. The smallest absolute Gasteiger partial charge is 0.0637 e. The molecule has 16 heavy (non-hydrogen) atoms. The van der Waals surface area contributed by atoms with Gasteiger partial charge in [0.15, 0.2) is 0 Å². The van der Waals surface area contributed by atoms with Crippen LogP contribution in [0, 0.1) is 0 Å². The van der Waals surface area contributed by atoms with Crippen molar-refractivity contribution < 1.29 is 0 Å².